The van der Waals surface area contributed by atoms with E-state index in [4.69, 9.17) is 4.74 Å². The van der Waals surface area contributed by atoms with E-state index < -0.39 is 24.5 Å². The first kappa shape index (κ1) is 28.5. The number of carbonyl (C=O) groups is 1. The molecule has 0 atom stereocenters. The molecule has 0 N–H and O–H groups in total. The van der Waals surface area contributed by atoms with E-state index in [0.717, 1.165) is 45.6 Å². The molecule has 0 unspecified atom stereocenters. The first-order valence-corrected chi connectivity index (χ1v) is 13.6. The molecule has 2 aliphatic heterocycles. The Hall–Kier alpha value is -3.06. The topological polar surface area (TPSA) is 54.9 Å². The summed E-state index contributed by atoms with van der Waals surface area (Å²) < 4.78 is 88.3. The fourth-order valence-corrected chi connectivity index (χ4v) is 6.32. The molecule has 2 aromatic carbocycles. The normalized spacial score (nSPS) is 18.1. The molecule has 0 aliphatic carbocycles. The van der Waals surface area contributed by atoms with Crippen LogP contribution in [0.15, 0.2) is 42.5 Å². The molecule has 0 bridgehead atoms. The molecule has 216 valence electrons. The summed E-state index contributed by atoms with van der Waals surface area (Å²) in [6, 6.07) is 13.7. The Morgan fingerprint density at radius 2 is 1.73 bits per heavy atom. The number of alkyl halides is 6. The van der Waals surface area contributed by atoms with Crippen LogP contribution in [0.2, 0.25) is 0 Å². The zero-order chi connectivity index (χ0) is 28.7. The Morgan fingerprint density at radius 1 is 1.02 bits per heavy atom. The molecule has 3 heterocycles. The van der Waals surface area contributed by atoms with Gasteiger partial charge in [-0.2, -0.15) is 26.3 Å². The van der Waals surface area contributed by atoms with E-state index in [1.165, 1.54) is 11.3 Å². The Kier molecular flexibility index (Phi) is 7.64. The van der Waals surface area contributed by atoms with Crippen LogP contribution in [0.1, 0.15) is 36.8 Å². The van der Waals surface area contributed by atoms with E-state index in [1.807, 2.05) is 49.4 Å². The number of aryl methyl sites for hydroxylation is 1. The smallest absolute Gasteiger partial charge is 0.431 e. The van der Waals surface area contributed by atoms with Crippen LogP contribution in [-0.4, -0.2) is 64.5 Å². The van der Waals surface area contributed by atoms with Gasteiger partial charge in [-0.1, -0.05) is 35.6 Å². The zero-order valence-corrected chi connectivity index (χ0v) is 22.3. The van der Waals surface area contributed by atoms with Gasteiger partial charge in [0.05, 0.1) is 10.2 Å². The van der Waals surface area contributed by atoms with Crippen molar-refractivity contribution in [2.24, 2.45) is 0 Å². The van der Waals surface area contributed by atoms with E-state index in [2.05, 4.69) is 14.6 Å². The molecule has 1 aromatic heterocycles. The number of hydrogen-bond donors (Lipinski definition) is 0. The number of benzene rings is 2. The molecule has 2 saturated heterocycles. The van der Waals surface area contributed by atoms with Gasteiger partial charge in [-0.05, 0) is 62.9 Å². The van der Waals surface area contributed by atoms with Gasteiger partial charge < -0.3 is 14.4 Å². The number of likely N-dealkylation sites (tertiary alicyclic amines) is 2. The number of piperidine rings is 1. The second-order valence-electron chi connectivity index (χ2n) is 10.2. The lowest BCUT2D eigenvalue weighted by atomic mass is 9.85. The fourth-order valence-electron chi connectivity index (χ4n) is 5.49. The average molecular weight is 588 g/mol. The number of nitrogens with zero attached hydrogens (tertiary/aromatic N) is 3. The molecule has 40 heavy (non-hydrogen) atoms. The van der Waals surface area contributed by atoms with Crippen LogP contribution in [0.25, 0.3) is 10.2 Å². The molecule has 2 fully saturated rings. The van der Waals surface area contributed by atoms with Crippen molar-refractivity contribution < 1.29 is 40.6 Å². The van der Waals surface area contributed by atoms with Crippen LogP contribution in [0.5, 0.6) is 10.9 Å². The first-order chi connectivity index (χ1) is 18.8. The number of para-hydroxylation sites is 1. The van der Waals surface area contributed by atoms with Gasteiger partial charge in [-0.25, -0.2) is 9.78 Å². The van der Waals surface area contributed by atoms with Crippen LogP contribution in [0.4, 0.5) is 31.1 Å². The average Bonchev–Trinajstić information content (AvgIpc) is 3.46. The van der Waals surface area contributed by atoms with Gasteiger partial charge in [0.15, 0.2) is 0 Å². The van der Waals surface area contributed by atoms with Gasteiger partial charge in [0.25, 0.3) is 11.3 Å². The van der Waals surface area contributed by atoms with Crippen molar-refractivity contribution in [3.05, 3.63) is 53.6 Å². The Balaban J connectivity index is 1.27. The van der Waals surface area contributed by atoms with Gasteiger partial charge >= 0.3 is 18.4 Å². The summed E-state index contributed by atoms with van der Waals surface area (Å²) in [7, 11) is 0. The molecular weight excluding hydrogens is 560 g/mol. The minimum Gasteiger partial charge on any atom is -0.431 e. The molecule has 6 nitrogen and oxygen atoms in total. The number of aromatic nitrogens is 1. The standard InChI is InChI=1S/C27H27F6N3O3S/c1-17-7-8-18(20(15-17)38-23-34-19-5-2-3-6-21(19)40-23)16-36-12-4-9-25(36)10-13-35(14-11-25)24(37)39-22(26(28,29)30)27(31,32)33/h2-3,5-8,15,22H,4,9-14,16H2,1H3. The lowest BCUT2D eigenvalue weighted by Gasteiger charge is -2.45. The summed E-state index contributed by atoms with van der Waals surface area (Å²) >= 11 is 1.44. The van der Waals surface area contributed by atoms with Crippen molar-refractivity contribution in [1.29, 1.82) is 0 Å². The molecular formula is C27H27F6N3O3S. The van der Waals surface area contributed by atoms with Crippen molar-refractivity contribution in [2.45, 2.75) is 63.1 Å². The van der Waals surface area contributed by atoms with Crippen LogP contribution in [-0.2, 0) is 11.3 Å². The molecule has 1 amide bonds. The number of halogens is 6. The largest absolute Gasteiger partial charge is 0.434 e. The van der Waals surface area contributed by atoms with E-state index in [1.54, 1.807) is 0 Å². The summed E-state index contributed by atoms with van der Waals surface area (Å²) in [6.45, 7) is 3.27. The highest BCUT2D eigenvalue weighted by molar-refractivity contribution is 7.20. The van der Waals surface area contributed by atoms with Crippen LogP contribution in [0, 0.1) is 6.92 Å². The lowest BCUT2D eigenvalue weighted by molar-refractivity contribution is -0.308. The van der Waals surface area contributed by atoms with Crippen LogP contribution >= 0.6 is 11.3 Å². The summed E-state index contributed by atoms with van der Waals surface area (Å²) in [6.07, 6.45) is -14.7. The monoisotopic (exact) mass is 587 g/mol. The van der Waals surface area contributed by atoms with Gasteiger partial charge in [0.2, 0.25) is 0 Å². The number of thiazole rings is 1. The van der Waals surface area contributed by atoms with E-state index in [0.29, 0.717) is 30.3 Å². The maximum atomic E-state index is 12.9. The number of carbonyl (C=O) groups excluding carboxylic acids is 1. The van der Waals surface area contributed by atoms with E-state index in [-0.39, 0.29) is 18.6 Å². The molecule has 2 aliphatic rings. The zero-order valence-electron chi connectivity index (χ0n) is 21.5. The van der Waals surface area contributed by atoms with Crippen molar-refractivity contribution in [1.82, 2.24) is 14.8 Å². The second kappa shape index (κ2) is 10.7. The van der Waals surface area contributed by atoms with Crippen molar-refractivity contribution in [3.63, 3.8) is 0 Å². The van der Waals surface area contributed by atoms with E-state index >= 15 is 0 Å². The highest BCUT2D eigenvalue weighted by atomic mass is 32.1. The molecule has 0 saturated carbocycles. The maximum absolute atomic E-state index is 12.9. The SMILES string of the molecule is Cc1ccc(CN2CCCC23CCN(C(=O)OC(C(F)(F)F)C(F)(F)F)CC3)c(Oc2nc3ccccc3s2)c1. The summed E-state index contributed by atoms with van der Waals surface area (Å²) in [5.74, 6) is 0.674. The quantitative estimate of drug-likeness (QED) is 0.290. The first-order valence-electron chi connectivity index (χ1n) is 12.8. The summed E-state index contributed by atoms with van der Waals surface area (Å²) in [5.41, 5.74) is 2.46. The fraction of sp³-hybridized carbons (Fsp3) is 0.481. The van der Waals surface area contributed by atoms with Crippen molar-refractivity contribution in [3.8, 4) is 10.9 Å². The van der Waals surface area contributed by atoms with Gasteiger partial charge in [0, 0.05) is 30.7 Å². The van der Waals surface area contributed by atoms with Crippen LogP contribution < -0.4 is 4.74 Å². The lowest BCUT2D eigenvalue weighted by Crippen LogP contribution is -2.54. The van der Waals surface area contributed by atoms with Crippen molar-refractivity contribution in [2.75, 3.05) is 19.6 Å². The Labute approximate surface area is 230 Å². The third kappa shape index (κ3) is 5.99. The van der Waals surface area contributed by atoms with Crippen molar-refractivity contribution >= 4 is 27.6 Å². The van der Waals surface area contributed by atoms with Gasteiger partial charge in [-0.15, -0.1) is 0 Å². The summed E-state index contributed by atoms with van der Waals surface area (Å²) in [4.78, 5) is 20.0. The molecule has 1 spiro atoms. The third-order valence-corrected chi connectivity index (χ3v) is 8.48. The molecule has 3 aromatic rings. The minimum absolute atomic E-state index is 0.000721. The number of fused-ring (bicyclic) bond motifs is 1. The summed E-state index contributed by atoms with van der Waals surface area (Å²) in [5, 5.41) is 0.520. The predicted molar refractivity (Wildman–Crippen MR) is 136 cm³/mol. The number of rotatable bonds is 5. The Morgan fingerprint density at radius 3 is 2.40 bits per heavy atom. The molecule has 0 radical (unpaired) electrons. The number of hydrogen-bond acceptors (Lipinski definition) is 6. The highest BCUT2D eigenvalue weighted by Gasteiger charge is 2.60. The molecule has 5 rings (SSSR count). The second-order valence-corrected chi connectivity index (χ2v) is 11.2. The number of amides is 1. The van der Waals surface area contributed by atoms with Gasteiger partial charge in [0.1, 0.15) is 5.75 Å². The van der Waals surface area contributed by atoms with Crippen LogP contribution in [0.3, 0.4) is 0 Å². The Bertz CT molecular complexity index is 1320. The predicted octanol–water partition coefficient (Wildman–Crippen LogP) is 7.46. The van der Waals surface area contributed by atoms with E-state index in [9.17, 15) is 31.1 Å². The van der Waals surface area contributed by atoms with Gasteiger partial charge in [-0.3, -0.25) is 4.90 Å². The highest BCUT2D eigenvalue weighted by Crippen LogP contribution is 2.42. The maximum Gasteiger partial charge on any atom is 0.434 e. The third-order valence-electron chi connectivity index (χ3n) is 7.56. The number of ether oxygens (including phenoxy) is 2. The molecule has 13 heteroatoms. The minimum atomic E-state index is -5.74.